The number of hydrogen-bond acceptors (Lipinski definition) is 12. The molecule has 12 heteroatoms. The third-order valence-electron chi connectivity index (χ3n) is 5.78. The number of carboxylic acid groups (broad SMARTS) is 1. The Labute approximate surface area is 216 Å². The van der Waals surface area contributed by atoms with E-state index < -0.39 is 60.4 Å². The zero-order chi connectivity index (χ0) is 28.0. The van der Waals surface area contributed by atoms with E-state index in [1.807, 2.05) is 0 Å². The lowest BCUT2D eigenvalue weighted by Crippen LogP contribution is -2.61. The molecule has 38 heavy (non-hydrogen) atoms. The number of rotatable bonds is 8. The molecular formula is C26H25O12-. The van der Waals surface area contributed by atoms with Crippen molar-refractivity contribution in [3.05, 3.63) is 59.7 Å². The molecule has 3 rings (SSSR count). The highest BCUT2D eigenvalue weighted by atomic mass is 16.6. The number of carbonyl (C=O) groups is 3. The SMILES string of the molecule is COc1ccc(/C=C/C(=O)O[C@@H]2C[C@@](O)(C(=O)[O-])C[C@@H](OC(=O)/C=C/c3ccc(O)c(O)c3)[C@@H]2O)cc1O. The minimum atomic E-state index is -2.58. The molecule has 12 nitrogen and oxygen atoms in total. The molecule has 1 aliphatic rings. The standard InChI is InChI=1S/C26H26O12/c1-36-19-7-3-15(11-18(19)29)5-9-23(31)38-21-13-26(35,25(33)34)12-20(24(21)32)37-22(30)8-4-14-2-6-16(27)17(28)10-14/h2-11,20-21,24,27-29,32,35H,12-13H2,1H3,(H,33,34)/p-1/b8-4+,9-5+/t20-,21-,24+,26-/m1/s1. The number of carboxylic acids is 1. The molecule has 0 aromatic heterocycles. The van der Waals surface area contributed by atoms with Crippen LogP contribution in [0.3, 0.4) is 0 Å². The van der Waals surface area contributed by atoms with E-state index in [1.165, 1.54) is 55.7 Å². The lowest BCUT2D eigenvalue weighted by Gasteiger charge is -2.43. The average molecular weight is 529 g/mol. The Bertz CT molecular complexity index is 1270. The van der Waals surface area contributed by atoms with Crippen LogP contribution in [0.2, 0.25) is 0 Å². The van der Waals surface area contributed by atoms with Crippen LogP contribution in [0.1, 0.15) is 24.0 Å². The number of carbonyl (C=O) groups excluding carboxylic acids is 3. The molecule has 0 spiro atoms. The molecule has 1 saturated carbocycles. The van der Waals surface area contributed by atoms with Crippen LogP contribution in [-0.4, -0.2) is 74.5 Å². The lowest BCUT2D eigenvalue weighted by atomic mass is 9.79. The van der Waals surface area contributed by atoms with Crippen LogP contribution < -0.4 is 9.84 Å². The number of phenols is 3. The van der Waals surface area contributed by atoms with E-state index in [1.54, 1.807) is 0 Å². The summed E-state index contributed by atoms with van der Waals surface area (Å²) >= 11 is 0. The van der Waals surface area contributed by atoms with Crippen molar-refractivity contribution in [3.8, 4) is 23.0 Å². The Morgan fingerprint density at radius 2 is 1.37 bits per heavy atom. The van der Waals surface area contributed by atoms with E-state index >= 15 is 0 Å². The number of ether oxygens (including phenoxy) is 3. The zero-order valence-corrected chi connectivity index (χ0v) is 20.0. The van der Waals surface area contributed by atoms with Gasteiger partial charge in [-0.1, -0.05) is 12.1 Å². The summed E-state index contributed by atoms with van der Waals surface area (Å²) in [5, 5.41) is 61.4. The second-order valence-corrected chi connectivity index (χ2v) is 8.51. The summed E-state index contributed by atoms with van der Waals surface area (Å²) in [5.74, 6) is -4.71. The number of phenolic OH excluding ortho intramolecular Hbond substituents is 3. The van der Waals surface area contributed by atoms with Crippen molar-refractivity contribution in [1.29, 1.82) is 0 Å². The van der Waals surface area contributed by atoms with Gasteiger partial charge in [0.15, 0.2) is 23.0 Å². The fourth-order valence-electron chi connectivity index (χ4n) is 3.78. The van der Waals surface area contributed by atoms with Gasteiger partial charge in [-0.25, -0.2) is 9.59 Å². The molecule has 0 saturated heterocycles. The van der Waals surface area contributed by atoms with Crippen molar-refractivity contribution >= 4 is 30.1 Å². The monoisotopic (exact) mass is 529 g/mol. The molecule has 0 unspecified atom stereocenters. The van der Waals surface area contributed by atoms with Crippen molar-refractivity contribution in [1.82, 2.24) is 0 Å². The number of aliphatic hydroxyl groups is 2. The highest BCUT2D eigenvalue weighted by Gasteiger charge is 2.49. The van der Waals surface area contributed by atoms with Crippen molar-refractivity contribution in [2.24, 2.45) is 0 Å². The molecule has 1 aliphatic carbocycles. The van der Waals surface area contributed by atoms with Gasteiger partial charge in [0.05, 0.1) is 13.1 Å². The van der Waals surface area contributed by atoms with Gasteiger partial charge < -0.3 is 49.6 Å². The van der Waals surface area contributed by atoms with Crippen molar-refractivity contribution in [3.63, 3.8) is 0 Å². The van der Waals surface area contributed by atoms with Crippen LogP contribution in [0.4, 0.5) is 0 Å². The predicted octanol–water partition coefficient (Wildman–Crippen LogP) is -0.00210. The third-order valence-corrected chi connectivity index (χ3v) is 5.78. The molecule has 0 amide bonds. The summed E-state index contributed by atoms with van der Waals surface area (Å²) in [6.07, 6.45) is -1.93. The maximum Gasteiger partial charge on any atom is 0.331 e. The highest BCUT2D eigenvalue weighted by molar-refractivity contribution is 5.88. The highest BCUT2D eigenvalue weighted by Crippen LogP contribution is 2.33. The van der Waals surface area contributed by atoms with Crippen molar-refractivity contribution < 1.29 is 59.2 Å². The number of benzene rings is 2. The summed E-state index contributed by atoms with van der Waals surface area (Å²) in [5.41, 5.74) is -1.86. The van der Waals surface area contributed by atoms with E-state index in [4.69, 9.17) is 14.2 Å². The molecule has 2 aromatic rings. The van der Waals surface area contributed by atoms with E-state index in [2.05, 4.69) is 0 Å². The number of aliphatic carboxylic acids is 1. The fraction of sp³-hybridized carbons (Fsp3) is 0.269. The number of esters is 2. The second-order valence-electron chi connectivity index (χ2n) is 8.51. The van der Waals surface area contributed by atoms with E-state index in [0.29, 0.717) is 11.1 Å². The minimum Gasteiger partial charge on any atom is -0.547 e. The number of methoxy groups -OCH3 is 1. The summed E-state index contributed by atoms with van der Waals surface area (Å²) in [7, 11) is 1.37. The van der Waals surface area contributed by atoms with Gasteiger partial charge in [0.25, 0.3) is 0 Å². The molecular weight excluding hydrogens is 504 g/mol. The Balaban J connectivity index is 1.70. The van der Waals surface area contributed by atoms with E-state index in [9.17, 15) is 45.0 Å². The second kappa shape index (κ2) is 11.7. The first-order valence-corrected chi connectivity index (χ1v) is 11.2. The Morgan fingerprint density at radius 3 is 1.82 bits per heavy atom. The first-order valence-electron chi connectivity index (χ1n) is 11.2. The van der Waals surface area contributed by atoms with Gasteiger partial charge in [-0.05, 0) is 47.5 Å². The van der Waals surface area contributed by atoms with E-state index in [-0.39, 0.29) is 17.2 Å². The average Bonchev–Trinajstić information content (AvgIpc) is 2.86. The first-order chi connectivity index (χ1) is 17.9. The molecule has 202 valence electrons. The van der Waals surface area contributed by atoms with Crippen LogP contribution in [0.25, 0.3) is 12.2 Å². The van der Waals surface area contributed by atoms with Gasteiger partial charge >= 0.3 is 11.9 Å². The van der Waals surface area contributed by atoms with Gasteiger partial charge in [-0.15, -0.1) is 0 Å². The largest absolute Gasteiger partial charge is 0.547 e. The molecule has 0 heterocycles. The molecule has 2 aromatic carbocycles. The van der Waals surface area contributed by atoms with Gasteiger partial charge in [0.2, 0.25) is 0 Å². The van der Waals surface area contributed by atoms with Crippen LogP contribution in [0.5, 0.6) is 23.0 Å². The molecule has 5 N–H and O–H groups in total. The van der Waals surface area contributed by atoms with Crippen LogP contribution in [0.15, 0.2) is 48.6 Å². The van der Waals surface area contributed by atoms with Crippen LogP contribution in [0, 0.1) is 0 Å². The topological polar surface area (TPSA) is 203 Å². The fourth-order valence-corrected chi connectivity index (χ4v) is 3.78. The van der Waals surface area contributed by atoms with Crippen molar-refractivity contribution in [2.45, 2.75) is 36.8 Å². The molecule has 4 atom stereocenters. The summed E-state index contributed by atoms with van der Waals surface area (Å²) < 4.78 is 15.2. The van der Waals surface area contributed by atoms with Gasteiger partial charge in [-0.3, -0.25) is 0 Å². The number of aromatic hydroxyl groups is 3. The van der Waals surface area contributed by atoms with Gasteiger partial charge in [0.1, 0.15) is 23.9 Å². The third kappa shape index (κ3) is 6.81. The quantitative estimate of drug-likeness (QED) is 0.174. The molecule has 0 bridgehead atoms. The molecule has 0 aliphatic heterocycles. The number of aliphatic hydroxyl groups excluding tert-OH is 1. The lowest BCUT2D eigenvalue weighted by molar-refractivity contribution is -0.331. The smallest absolute Gasteiger partial charge is 0.331 e. The summed E-state index contributed by atoms with van der Waals surface area (Å²) in [4.78, 5) is 36.2. The zero-order valence-electron chi connectivity index (χ0n) is 20.0. The van der Waals surface area contributed by atoms with Crippen LogP contribution in [-0.2, 0) is 23.9 Å². The first kappa shape index (κ1) is 28.0. The number of hydrogen-bond donors (Lipinski definition) is 5. The van der Waals surface area contributed by atoms with E-state index in [0.717, 1.165) is 12.2 Å². The minimum absolute atomic E-state index is 0.175. The molecule has 1 fully saturated rings. The Kier molecular flexibility index (Phi) is 8.61. The predicted molar refractivity (Wildman–Crippen MR) is 127 cm³/mol. The summed E-state index contributed by atoms with van der Waals surface area (Å²) in [6.45, 7) is 0. The maximum atomic E-state index is 12.3. The summed E-state index contributed by atoms with van der Waals surface area (Å²) in [6, 6.07) is 8.06. The van der Waals surface area contributed by atoms with Gasteiger partial charge in [0, 0.05) is 25.0 Å². The van der Waals surface area contributed by atoms with Gasteiger partial charge in [-0.2, -0.15) is 0 Å². The normalized spacial score (nSPS) is 23.3. The Hall–Kier alpha value is -4.55. The maximum absolute atomic E-state index is 12.3. The molecule has 0 radical (unpaired) electrons. The Morgan fingerprint density at radius 1 is 0.868 bits per heavy atom. The van der Waals surface area contributed by atoms with Crippen molar-refractivity contribution in [2.75, 3.05) is 7.11 Å². The van der Waals surface area contributed by atoms with Crippen LogP contribution >= 0.6 is 0 Å².